The number of anilines is 2. The maximum atomic E-state index is 13.3. The van der Waals surface area contributed by atoms with Gasteiger partial charge in [0.15, 0.2) is 11.6 Å². The van der Waals surface area contributed by atoms with E-state index in [9.17, 15) is 4.79 Å². The van der Waals surface area contributed by atoms with Crippen LogP contribution in [0.3, 0.4) is 0 Å². The van der Waals surface area contributed by atoms with Crippen molar-refractivity contribution in [3.05, 3.63) is 70.7 Å². The zero-order valence-corrected chi connectivity index (χ0v) is 23.1. The number of carbonyl (C=O) groups is 1. The summed E-state index contributed by atoms with van der Waals surface area (Å²) in [5.74, 6) is 3.00. The van der Waals surface area contributed by atoms with Crippen LogP contribution in [0.2, 0.25) is 0 Å². The first-order chi connectivity index (χ1) is 18.7. The van der Waals surface area contributed by atoms with Crippen LogP contribution in [0.15, 0.2) is 36.5 Å². The van der Waals surface area contributed by atoms with Gasteiger partial charge in [0.2, 0.25) is 0 Å². The quantitative estimate of drug-likeness (QED) is 0.310. The van der Waals surface area contributed by atoms with E-state index in [1.165, 1.54) is 0 Å². The number of nitrogens with one attached hydrogen (secondary N) is 3. The van der Waals surface area contributed by atoms with Gasteiger partial charge < -0.3 is 15.4 Å². The Kier molecular flexibility index (Phi) is 7.42. The summed E-state index contributed by atoms with van der Waals surface area (Å²) in [5, 5.41) is 17.9. The number of H-pyrrole nitrogens is 1. The van der Waals surface area contributed by atoms with E-state index in [1.807, 2.05) is 62.7 Å². The number of aryl methyl sites for hydroxylation is 4. The minimum atomic E-state index is -0.870. The van der Waals surface area contributed by atoms with Crippen molar-refractivity contribution in [3.63, 3.8) is 0 Å². The Bertz CT molecular complexity index is 1450. The van der Waals surface area contributed by atoms with Gasteiger partial charge in [0.1, 0.15) is 17.2 Å². The van der Waals surface area contributed by atoms with Gasteiger partial charge in [0.25, 0.3) is 5.91 Å². The SMILES string of the molecule is CO[C@]1(C(=O)NCc2ccc(-n3nc(C)cc3C)nc2)CC[C@H](c2nc(C)cc(Nc3cc(C)[nH]n3)n2)CC1. The molecule has 0 aliphatic heterocycles. The number of nitrogens with zero attached hydrogens (tertiary/aromatic N) is 6. The Balaban J connectivity index is 1.19. The number of hydrogen-bond donors (Lipinski definition) is 3. The molecule has 5 rings (SSSR count). The highest BCUT2D eigenvalue weighted by atomic mass is 16.5. The van der Waals surface area contributed by atoms with Crippen molar-refractivity contribution in [2.24, 2.45) is 0 Å². The number of aromatic nitrogens is 7. The number of rotatable bonds is 8. The molecule has 1 amide bonds. The summed E-state index contributed by atoms with van der Waals surface area (Å²) in [7, 11) is 1.61. The fraction of sp³-hybridized carbons (Fsp3) is 0.429. The van der Waals surface area contributed by atoms with Crippen LogP contribution in [0.1, 0.15) is 65.8 Å². The molecule has 4 aromatic rings. The van der Waals surface area contributed by atoms with E-state index < -0.39 is 5.60 Å². The Morgan fingerprint density at radius 3 is 2.49 bits per heavy atom. The molecule has 0 bridgehead atoms. The smallest absolute Gasteiger partial charge is 0.252 e. The minimum absolute atomic E-state index is 0.104. The number of aromatic amines is 1. The normalized spacial score (nSPS) is 19.2. The lowest BCUT2D eigenvalue weighted by Crippen LogP contribution is -2.50. The summed E-state index contributed by atoms with van der Waals surface area (Å²) < 4.78 is 7.64. The zero-order valence-electron chi connectivity index (χ0n) is 23.1. The standard InChI is InChI=1S/C28H35N9O2/c1-17-13-23(32-24-14-18(2)34-35-24)33-26(31-17)22-8-10-28(39-5,11-9-22)27(38)30-16-21-6-7-25(29-15-21)37-20(4)12-19(3)36-37/h6-7,12-15,22H,8-11,16H2,1-5H3,(H,30,38)(H2,31,32,33,34,35)/t22-,28+. The molecule has 4 heterocycles. The van der Waals surface area contributed by atoms with Crippen LogP contribution in [0.4, 0.5) is 11.6 Å². The topological polar surface area (TPSA) is 136 Å². The molecule has 204 valence electrons. The average molecular weight is 530 g/mol. The van der Waals surface area contributed by atoms with E-state index in [2.05, 4.69) is 30.9 Å². The van der Waals surface area contributed by atoms with Crippen LogP contribution in [-0.4, -0.2) is 53.5 Å². The molecule has 11 nitrogen and oxygen atoms in total. The van der Waals surface area contributed by atoms with Crippen LogP contribution in [0, 0.1) is 27.7 Å². The third-order valence-electron chi connectivity index (χ3n) is 7.29. The number of methoxy groups -OCH3 is 1. The molecule has 0 atom stereocenters. The molecule has 1 aliphatic rings. The van der Waals surface area contributed by atoms with Crippen LogP contribution in [0.25, 0.3) is 5.82 Å². The van der Waals surface area contributed by atoms with Crippen LogP contribution >= 0.6 is 0 Å². The Labute approximate surface area is 227 Å². The van der Waals surface area contributed by atoms with E-state index >= 15 is 0 Å². The maximum absolute atomic E-state index is 13.3. The van der Waals surface area contributed by atoms with Gasteiger partial charge in [0.05, 0.1) is 5.69 Å². The Hall–Kier alpha value is -4.12. The highest BCUT2D eigenvalue weighted by molar-refractivity contribution is 5.85. The summed E-state index contributed by atoms with van der Waals surface area (Å²) in [6.07, 6.45) is 4.46. The molecule has 0 unspecified atom stereocenters. The molecule has 0 spiro atoms. The number of hydrogen-bond acceptors (Lipinski definition) is 8. The fourth-order valence-electron chi connectivity index (χ4n) is 5.17. The monoisotopic (exact) mass is 529 g/mol. The van der Waals surface area contributed by atoms with Crippen molar-refractivity contribution >= 4 is 17.5 Å². The predicted molar refractivity (Wildman–Crippen MR) is 147 cm³/mol. The average Bonchev–Trinajstić information content (AvgIpc) is 3.50. The predicted octanol–water partition coefficient (Wildman–Crippen LogP) is 4.12. The van der Waals surface area contributed by atoms with Gasteiger partial charge in [-0.1, -0.05) is 6.07 Å². The molecule has 1 fully saturated rings. The molecule has 0 radical (unpaired) electrons. The molecule has 1 saturated carbocycles. The number of carbonyl (C=O) groups excluding carboxylic acids is 1. The van der Waals surface area contributed by atoms with Crippen molar-refractivity contribution in [2.45, 2.75) is 71.4 Å². The van der Waals surface area contributed by atoms with E-state index in [1.54, 1.807) is 13.3 Å². The molecule has 1 aliphatic carbocycles. The number of pyridine rings is 1. The minimum Gasteiger partial charge on any atom is -0.368 e. The maximum Gasteiger partial charge on any atom is 0.252 e. The lowest BCUT2D eigenvalue weighted by atomic mass is 9.77. The molecule has 11 heteroatoms. The lowest BCUT2D eigenvalue weighted by Gasteiger charge is -2.37. The Morgan fingerprint density at radius 2 is 1.87 bits per heavy atom. The third kappa shape index (κ3) is 5.83. The third-order valence-corrected chi connectivity index (χ3v) is 7.29. The second-order valence-corrected chi connectivity index (χ2v) is 10.3. The molecule has 4 aromatic heterocycles. The molecular formula is C28H35N9O2. The summed E-state index contributed by atoms with van der Waals surface area (Å²) in [5.41, 5.74) is 3.86. The van der Waals surface area contributed by atoms with Gasteiger partial charge in [0, 0.05) is 55.0 Å². The molecule has 0 saturated heterocycles. The van der Waals surface area contributed by atoms with Gasteiger partial charge in [-0.3, -0.25) is 9.89 Å². The highest BCUT2D eigenvalue weighted by Crippen LogP contribution is 2.39. The molecular weight excluding hydrogens is 494 g/mol. The van der Waals surface area contributed by atoms with Crippen molar-refractivity contribution in [2.75, 3.05) is 12.4 Å². The van der Waals surface area contributed by atoms with Gasteiger partial charge in [-0.05, 0) is 71.1 Å². The first-order valence-corrected chi connectivity index (χ1v) is 13.2. The van der Waals surface area contributed by atoms with Crippen molar-refractivity contribution < 1.29 is 9.53 Å². The second-order valence-electron chi connectivity index (χ2n) is 10.3. The van der Waals surface area contributed by atoms with Gasteiger partial charge in [-0.2, -0.15) is 10.2 Å². The van der Waals surface area contributed by atoms with E-state index in [-0.39, 0.29) is 11.8 Å². The van der Waals surface area contributed by atoms with Crippen molar-refractivity contribution in [3.8, 4) is 5.82 Å². The Morgan fingerprint density at radius 1 is 1.08 bits per heavy atom. The first-order valence-electron chi connectivity index (χ1n) is 13.2. The van der Waals surface area contributed by atoms with Crippen LogP contribution in [0.5, 0.6) is 0 Å². The summed E-state index contributed by atoms with van der Waals surface area (Å²) >= 11 is 0. The van der Waals surface area contributed by atoms with Gasteiger partial charge >= 0.3 is 0 Å². The zero-order chi connectivity index (χ0) is 27.6. The van der Waals surface area contributed by atoms with E-state index in [4.69, 9.17) is 14.7 Å². The summed E-state index contributed by atoms with van der Waals surface area (Å²) in [4.78, 5) is 27.3. The molecule has 0 aromatic carbocycles. The first kappa shape index (κ1) is 26.5. The van der Waals surface area contributed by atoms with Crippen molar-refractivity contribution in [1.82, 2.24) is 40.2 Å². The largest absolute Gasteiger partial charge is 0.368 e. The second kappa shape index (κ2) is 10.9. The summed E-state index contributed by atoms with van der Waals surface area (Å²) in [6, 6.07) is 9.71. The van der Waals surface area contributed by atoms with E-state index in [0.717, 1.165) is 52.8 Å². The highest BCUT2D eigenvalue weighted by Gasteiger charge is 2.42. The van der Waals surface area contributed by atoms with Crippen LogP contribution in [-0.2, 0) is 16.1 Å². The van der Waals surface area contributed by atoms with Crippen molar-refractivity contribution in [1.29, 1.82) is 0 Å². The molecule has 39 heavy (non-hydrogen) atoms. The van der Waals surface area contributed by atoms with Gasteiger partial charge in [-0.25, -0.2) is 19.6 Å². The number of amides is 1. The molecule has 3 N–H and O–H groups in total. The number of ether oxygens (including phenoxy) is 1. The summed E-state index contributed by atoms with van der Waals surface area (Å²) in [6.45, 7) is 8.24. The van der Waals surface area contributed by atoms with Gasteiger partial charge in [-0.15, -0.1) is 0 Å². The van der Waals surface area contributed by atoms with Crippen LogP contribution < -0.4 is 10.6 Å². The lowest BCUT2D eigenvalue weighted by molar-refractivity contribution is -0.148. The fourth-order valence-corrected chi connectivity index (χ4v) is 5.17. The van der Waals surface area contributed by atoms with E-state index in [0.29, 0.717) is 31.0 Å².